The SMILES string of the molecule is CO[C@H]1[C@H]2OP(=O)(O)OC[C@H]3O[C@@H](n4cnc5c(N)ccnc54)[C@H](O)[C@@H]3OP(=O)(O)OC[C@H]1O[C@H]2n1cnc2c(=O)[nH]c(N)nc21.Nc1nc2c(ncn2[C@@H]2O[C@@H]3COP(=O)(O)O[C@H]4[C@H](Cl)[C@H](n5cnc6c(N)ccnc65)O[C@@H]4COP(=O)(O)O[C@@H]2[C@@H]3O)c(=O)[nH]1.[N-]=[N+]=N[C@H]1[C@H]2OP(=O)(O)OC[C@H]3O[C@@H](n4cnc5c(N)ccnc54)[C@H](O)[C@@H]3OP(=O)(O)OC[C@H]1O[C@H]2n1cnc2c(=O)[nH]c(N)nc21. The highest BCUT2D eigenvalue weighted by Gasteiger charge is 2.60. The Morgan fingerprint density at radius 3 is 1.07 bits per heavy atom. The van der Waals surface area contributed by atoms with Gasteiger partial charge in [0.15, 0.2) is 87.8 Å². The molecule has 24 N–H and O–H groups in total. The Kier molecular flexibility index (Phi) is 25.8. The first-order valence-corrected chi connectivity index (χ1v) is 49.4. The van der Waals surface area contributed by atoms with Gasteiger partial charge < -0.3 is 112 Å². The number of aliphatic hydroxyl groups is 3. The number of phosphoric ester groups is 6. The molecule has 9 saturated heterocycles. The highest BCUT2D eigenvalue weighted by atomic mass is 35.5. The minimum Gasteiger partial charge on any atom is -0.397 e. The van der Waals surface area contributed by atoms with Crippen LogP contribution in [0.1, 0.15) is 37.4 Å². The Morgan fingerprint density at radius 1 is 0.384 bits per heavy atom. The second-order valence-corrected chi connectivity index (χ2v) is 40.1. The molecule has 74 heteroatoms. The van der Waals surface area contributed by atoms with Crippen LogP contribution >= 0.6 is 58.5 Å². The van der Waals surface area contributed by atoms with Crippen LogP contribution in [-0.4, -0.2) is 303 Å². The van der Waals surface area contributed by atoms with E-state index < -0.39 is 250 Å². The molecular weight excluding hydrogens is 2000 g/mol. The average molecular weight is 2080 g/mol. The van der Waals surface area contributed by atoms with Crippen LogP contribution in [0.2, 0.25) is 0 Å². The van der Waals surface area contributed by atoms with Gasteiger partial charge in [0.05, 0.1) is 107 Å². The number of H-pyrrole nitrogens is 3. The van der Waals surface area contributed by atoms with E-state index in [1.165, 1.54) is 81.1 Å². The maximum atomic E-state index is 13.4. The number of imidazole rings is 6. The largest absolute Gasteiger partial charge is 0.472 e. The van der Waals surface area contributed by atoms with Crippen LogP contribution in [0.25, 0.3) is 77.4 Å². The van der Waals surface area contributed by atoms with E-state index in [0.29, 0.717) is 22.4 Å². The maximum absolute atomic E-state index is 13.4. The smallest absolute Gasteiger partial charge is 0.397 e. The number of halogens is 1. The number of nitrogens with zero attached hydrogens (tertiary/aromatic N) is 21. The van der Waals surface area contributed by atoms with Crippen molar-refractivity contribution in [2.45, 2.75) is 146 Å². The highest BCUT2D eigenvalue weighted by molar-refractivity contribution is 7.48. The summed E-state index contributed by atoms with van der Waals surface area (Å²) in [6.07, 6.45) is -20.9. The number of hydrogen-bond donors (Lipinski definition) is 18. The van der Waals surface area contributed by atoms with E-state index in [9.17, 15) is 92.0 Å². The minimum absolute atomic E-state index is 0.0623. The van der Waals surface area contributed by atoms with Crippen LogP contribution in [0.4, 0.5) is 34.9 Å². The van der Waals surface area contributed by atoms with Gasteiger partial charge >= 0.3 is 46.9 Å². The van der Waals surface area contributed by atoms with Gasteiger partial charge in [-0.2, -0.15) is 15.0 Å². The lowest BCUT2D eigenvalue weighted by molar-refractivity contribution is -0.0674. The Labute approximate surface area is 767 Å². The van der Waals surface area contributed by atoms with Crippen LogP contribution in [0, 0.1) is 0 Å². The molecular formula is C64H75ClN30O37P6. The number of azide groups is 1. The molecule has 0 aromatic carbocycles. The van der Waals surface area contributed by atoms with Gasteiger partial charge in [-0.3, -0.25) is 111 Å². The van der Waals surface area contributed by atoms with E-state index in [1.807, 2.05) is 0 Å². The molecule has 30 atom stereocenters. The van der Waals surface area contributed by atoms with Crippen molar-refractivity contribution in [3.63, 3.8) is 0 Å². The molecule has 6 unspecified atom stereocenters. The molecule has 12 aromatic heterocycles. The molecule has 0 saturated carbocycles. The second-order valence-electron chi connectivity index (χ2n) is 31.2. The number of nitrogens with two attached hydrogens (primary N) is 6. The van der Waals surface area contributed by atoms with E-state index in [4.69, 9.17) is 133 Å². The van der Waals surface area contributed by atoms with Crippen LogP contribution in [0.3, 0.4) is 0 Å². The second kappa shape index (κ2) is 36.9. The summed E-state index contributed by atoms with van der Waals surface area (Å²) in [7, 11) is -29.1. The summed E-state index contributed by atoms with van der Waals surface area (Å²) in [5, 5.41) is 35.8. The number of ether oxygens (including phenoxy) is 7. The van der Waals surface area contributed by atoms with E-state index in [-0.39, 0.29) is 79.5 Å². The summed E-state index contributed by atoms with van der Waals surface area (Å²) in [6, 6.07) is 3.07. The number of anilines is 6. The number of pyridine rings is 3. The van der Waals surface area contributed by atoms with Crippen LogP contribution in [-0.2, 0) is 115 Å². The van der Waals surface area contributed by atoms with Gasteiger partial charge in [-0.1, -0.05) is 5.11 Å². The summed E-state index contributed by atoms with van der Waals surface area (Å²) in [4.78, 5) is 160. The Balaban J connectivity index is 0.000000132. The van der Waals surface area contributed by atoms with E-state index in [0.717, 1.165) is 28.1 Å². The third-order valence-electron chi connectivity index (χ3n) is 22.7. The van der Waals surface area contributed by atoms with Gasteiger partial charge in [0.1, 0.15) is 113 Å². The van der Waals surface area contributed by atoms with Crippen molar-refractivity contribution in [2.75, 3.05) is 81.2 Å². The van der Waals surface area contributed by atoms with Crippen molar-refractivity contribution in [1.29, 1.82) is 0 Å². The first-order chi connectivity index (χ1) is 65.5. The fourth-order valence-electron chi connectivity index (χ4n) is 16.6. The van der Waals surface area contributed by atoms with Crippen molar-refractivity contribution in [1.82, 2.24) is 102 Å². The molecule has 67 nitrogen and oxygen atoms in total. The van der Waals surface area contributed by atoms with Crippen molar-refractivity contribution in [3.8, 4) is 0 Å². The summed E-state index contributed by atoms with van der Waals surface area (Å²) < 4.78 is 192. The lowest BCUT2D eigenvalue weighted by atomic mass is 10.1. The number of hydrogen-bond acceptors (Lipinski definition) is 50. The standard InChI is InChI=1S/C22H27N9O13P2.C21H24ClN9O12P2.C21H24N12O12P2/c1-38-15-10-5-40-45(34,35)43-14-9(41-20(13(14)32)30-6-26-11-8(23)2-3-25-17(11)30)4-39-46(36,37)44-16(15)21(42-10)31-7-27-12-18(31)28-22(24)29-19(12)33;22-10-14-9(41-19(10)30-5-26-11-7(23)1-2-25-16(11)30)4-39-45(36,37)43-15-13(32)8(3-38-44(34,35)42-14)40-20(15)31-6-27-12-17(31)28-21(24)29-18(12)33;22-7-1-2-25-16-10(7)26-5-32(16)19-13(34)14-9(43-19)4-41-47(38,39)45-15-11(30-31-24)8(3-40-46(36,37)44-14)42-20(15)33-6-27-12-17(33)28-21(23)29-18(12)35/h2-3,6-7,9-10,13-16,20-21,32H,4-5H2,1H3,(H2,23,25)(H,34,35)(H,36,37)(H3,24,28,29,33);1-2,5-6,8-10,13-15,19-20,32H,3-4H2,(H2,23,25)(H,34,35)(H,36,37)(H3,24,28,29,33);1-2,5-6,8-9,11,13-15,19-20,34H,3-4H2,(H2,22,25)(H,36,37)(H,38,39)(H3,23,28,29,35)/t9-,10-,13-,14-,15-,16-,20-,21-;8-,9-,10+,13-,14-,15-,19-,20-;8-,9-,11-,13-,14-,15-,19-,20-/m111/s1. The normalized spacial score (nSPS) is 37.0. The third-order valence-corrected chi connectivity index (χ3v) is 29.0. The average Bonchev–Trinajstić information content (AvgIpc) is 1.58. The third kappa shape index (κ3) is 18.5. The summed E-state index contributed by atoms with van der Waals surface area (Å²) in [6.45, 7) is -4.62. The topological polar surface area (TPSA) is 948 Å². The van der Waals surface area contributed by atoms with Crippen molar-refractivity contribution in [3.05, 3.63) is 116 Å². The lowest BCUT2D eigenvalue weighted by Gasteiger charge is -2.26. The summed E-state index contributed by atoms with van der Waals surface area (Å²) >= 11 is 6.66. The molecule has 138 heavy (non-hydrogen) atoms. The molecule has 0 spiro atoms. The van der Waals surface area contributed by atoms with Gasteiger partial charge in [-0.25, -0.2) is 72.2 Å². The first kappa shape index (κ1) is 96.4. The molecule has 9 aliphatic heterocycles. The van der Waals surface area contributed by atoms with Crippen molar-refractivity contribution >= 4 is 160 Å². The monoisotopic (exact) mass is 2080 g/mol. The number of aromatic nitrogens is 21. The summed E-state index contributed by atoms with van der Waals surface area (Å²) in [5.41, 5.74) is 43.9. The molecule has 9 fully saturated rings. The van der Waals surface area contributed by atoms with Crippen molar-refractivity contribution < 1.29 is 160 Å². The number of aromatic amines is 3. The number of nitrogen functional groups attached to an aromatic ring is 6. The van der Waals surface area contributed by atoms with E-state index >= 15 is 0 Å². The molecule has 21 heterocycles. The van der Waals surface area contributed by atoms with Crippen molar-refractivity contribution in [2.24, 2.45) is 5.11 Å². The van der Waals surface area contributed by atoms with Gasteiger partial charge in [-0.15, -0.1) is 11.6 Å². The fraction of sp³-hybridized carbons (Fsp3) is 0.484. The van der Waals surface area contributed by atoms with Gasteiger partial charge in [0.2, 0.25) is 17.8 Å². The van der Waals surface area contributed by atoms with Crippen LogP contribution in [0.15, 0.2) is 94.3 Å². The van der Waals surface area contributed by atoms with Gasteiger partial charge in [0.25, 0.3) is 16.7 Å². The van der Waals surface area contributed by atoms with Gasteiger partial charge in [-0.05, 0) is 23.7 Å². The van der Waals surface area contributed by atoms with Crippen LogP contribution < -0.4 is 51.1 Å². The number of methoxy groups -OCH3 is 1. The molecule has 6 bridgehead atoms. The van der Waals surface area contributed by atoms with E-state index in [2.05, 4.69) is 84.8 Å². The zero-order chi connectivity index (χ0) is 97.6. The molecule has 0 radical (unpaired) electrons. The Bertz CT molecular complexity index is 7290. The zero-order valence-corrected chi connectivity index (χ0v) is 75.5. The fourth-order valence-corrected chi connectivity index (χ4v) is 22.7. The molecule has 21 rings (SSSR count). The number of nitrogens with one attached hydrogen (secondary N) is 3. The molecule has 740 valence electrons. The number of aliphatic hydroxyl groups excluding tert-OH is 3. The van der Waals surface area contributed by atoms with E-state index in [1.54, 1.807) is 0 Å². The number of alkyl halides is 1. The predicted octanol–water partition coefficient (Wildman–Crippen LogP) is -1.99. The summed E-state index contributed by atoms with van der Waals surface area (Å²) in [5.74, 6) is -0.812. The number of fused-ring (bicyclic) bond motifs is 15. The minimum atomic E-state index is -5.15. The maximum Gasteiger partial charge on any atom is 0.472 e. The number of rotatable bonds is 8. The number of phosphoric acid groups is 6. The zero-order valence-electron chi connectivity index (χ0n) is 69.4. The van der Waals surface area contributed by atoms with Gasteiger partial charge in [0, 0.05) is 30.6 Å². The van der Waals surface area contributed by atoms with Crippen LogP contribution in [0.5, 0.6) is 0 Å². The highest BCUT2D eigenvalue weighted by Crippen LogP contribution is 2.59. The lowest BCUT2D eigenvalue weighted by Crippen LogP contribution is -2.37. The molecule has 0 amide bonds. The first-order valence-electron chi connectivity index (χ1n) is 40.0. The predicted molar refractivity (Wildman–Crippen MR) is 452 cm³/mol. The Morgan fingerprint density at radius 2 is 0.674 bits per heavy atom. The molecule has 9 aliphatic rings. The Hall–Kier alpha value is -10.4. The quantitative estimate of drug-likeness (QED) is 0.0257. The molecule has 12 aromatic rings. The molecule has 0 aliphatic carbocycles.